The monoisotopic (exact) mass is 362 g/mol. The molecule has 2 aromatic carbocycles. The summed E-state index contributed by atoms with van der Waals surface area (Å²) in [4.78, 5) is 14.7. The van der Waals surface area contributed by atoms with E-state index in [2.05, 4.69) is 45.0 Å². The maximum Gasteiger partial charge on any atom is 0.254 e. The SMILES string of the molecule is Cc1ccc(-c2cc(CN(CC(C)C)C(=O)c3ccccc3)no2)cc1C. The first-order valence-electron chi connectivity index (χ1n) is 9.31. The molecule has 140 valence electrons. The molecule has 4 heteroatoms. The van der Waals surface area contributed by atoms with Crippen molar-refractivity contribution in [2.24, 2.45) is 5.92 Å². The summed E-state index contributed by atoms with van der Waals surface area (Å²) in [5.41, 5.74) is 4.91. The van der Waals surface area contributed by atoms with Gasteiger partial charge < -0.3 is 9.42 Å². The predicted octanol–water partition coefficient (Wildman–Crippen LogP) is 5.26. The van der Waals surface area contributed by atoms with Crippen LogP contribution in [0.3, 0.4) is 0 Å². The second-order valence-electron chi connectivity index (χ2n) is 7.43. The lowest BCUT2D eigenvalue weighted by Crippen LogP contribution is -2.33. The number of amides is 1. The van der Waals surface area contributed by atoms with Crippen molar-refractivity contribution < 1.29 is 9.32 Å². The lowest BCUT2D eigenvalue weighted by Gasteiger charge is -2.23. The maximum absolute atomic E-state index is 12.9. The van der Waals surface area contributed by atoms with Crippen molar-refractivity contribution >= 4 is 5.91 Å². The van der Waals surface area contributed by atoms with Crippen molar-refractivity contribution in [3.05, 3.63) is 77.0 Å². The largest absolute Gasteiger partial charge is 0.356 e. The summed E-state index contributed by atoms with van der Waals surface area (Å²) in [6, 6.07) is 17.5. The molecule has 0 aliphatic carbocycles. The molecule has 3 aromatic rings. The van der Waals surface area contributed by atoms with Gasteiger partial charge >= 0.3 is 0 Å². The fourth-order valence-electron chi connectivity index (χ4n) is 3.04. The summed E-state index contributed by atoms with van der Waals surface area (Å²) in [7, 11) is 0. The second kappa shape index (κ2) is 8.21. The minimum atomic E-state index is 0.0139. The highest BCUT2D eigenvalue weighted by molar-refractivity contribution is 5.94. The van der Waals surface area contributed by atoms with Crippen molar-refractivity contribution in [2.75, 3.05) is 6.54 Å². The van der Waals surface area contributed by atoms with Crippen molar-refractivity contribution in [3.63, 3.8) is 0 Å². The van der Waals surface area contributed by atoms with Crippen LogP contribution in [0.15, 0.2) is 59.1 Å². The fourth-order valence-corrected chi connectivity index (χ4v) is 3.04. The van der Waals surface area contributed by atoms with Crippen LogP contribution in [0, 0.1) is 19.8 Å². The number of aromatic nitrogens is 1. The van der Waals surface area contributed by atoms with Gasteiger partial charge in [-0.2, -0.15) is 0 Å². The van der Waals surface area contributed by atoms with E-state index in [4.69, 9.17) is 4.52 Å². The van der Waals surface area contributed by atoms with Gasteiger partial charge in [-0.3, -0.25) is 4.79 Å². The van der Waals surface area contributed by atoms with Gasteiger partial charge in [0.1, 0.15) is 5.69 Å². The molecule has 1 aromatic heterocycles. The lowest BCUT2D eigenvalue weighted by molar-refractivity contribution is 0.0719. The molecule has 0 aliphatic heterocycles. The van der Waals surface area contributed by atoms with Gasteiger partial charge in [0.05, 0.1) is 6.54 Å². The molecule has 0 saturated carbocycles. The smallest absolute Gasteiger partial charge is 0.254 e. The molecule has 3 rings (SSSR count). The maximum atomic E-state index is 12.9. The molecule has 4 nitrogen and oxygen atoms in total. The molecule has 0 radical (unpaired) electrons. The summed E-state index contributed by atoms with van der Waals surface area (Å²) in [6.45, 7) is 9.48. The first kappa shape index (κ1) is 18.9. The Morgan fingerprint density at radius 1 is 1.04 bits per heavy atom. The predicted molar refractivity (Wildman–Crippen MR) is 107 cm³/mol. The van der Waals surface area contributed by atoms with E-state index in [0.717, 1.165) is 17.0 Å². The topological polar surface area (TPSA) is 46.3 Å². The summed E-state index contributed by atoms with van der Waals surface area (Å²) in [6.07, 6.45) is 0. The molecule has 0 fully saturated rings. The number of carbonyl (C=O) groups excluding carboxylic acids is 1. The Balaban J connectivity index is 1.81. The molecule has 0 N–H and O–H groups in total. The number of nitrogens with zero attached hydrogens (tertiary/aromatic N) is 2. The number of hydrogen-bond acceptors (Lipinski definition) is 3. The Hall–Kier alpha value is -2.88. The normalized spacial score (nSPS) is 11.0. The van der Waals surface area contributed by atoms with Crippen LogP contribution in [0.25, 0.3) is 11.3 Å². The van der Waals surface area contributed by atoms with E-state index in [1.54, 1.807) is 0 Å². The zero-order valence-corrected chi connectivity index (χ0v) is 16.4. The third-order valence-electron chi connectivity index (χ3n) is 4.60. The van der Waals surface area contributed by atoms with E-state index < -0.39 is 0 Å². The summed E-state index contributed by atoms with van der Waals surface area (Å²) >= 11 is 0. The van der Waals surface area contributed by atoms with Crippen LogP contribution < -0.4 is 0 Å². The standard InChI is InChI=1S/C23H26N2O2/c1-16(2)14-25(23(26)19-8-6-5-7-9-19)15-21-13-22(27-24-21)20-11-10-17(3)18(4)12-20/h5-13,16H,14-15H2,1-4H3. The molecule has 0 unspecified atom stereocenters. The van der Waals surface area contributed by atoms with Crippen LogP contribution in [0.4, 0.5) is 0 Å². The number of carbonyl (C=O) groups is 1. The van der Waals surface area contributed by atoms with Crippen molar-refractivity contribution in [3.8, 4) is 11.3 Å². The zero-order chi connectivity index (χ0) is 19.4. The number of hydrogen-bond donors (Lipinski definition) is 0. The van der Waals surface area contributed by atoms with Gasteiger partial charge in [0.2, 0.25) is 0 Å². The molecule has 0 bridgehead atoms. The average Bonchev–Trinajstić information content (AvgIpc) is 3.12. The molecule has 0 atom stereocenters. The zero-order valence-electron chi connectivity index (χ0n) is 16.4. The van der Waals surface area contributed by atoms with E-state index in [1.165, 1.54) is 11.1 Å². The Morgan fingerprint density at radius 2 is 1.78 bits per heavy atom. The van der Waals surface area contributed by atoms with E-state index in [-0.39, 0.29) is 5.91 Å². The third-order valence-corrected chi connectivity index (χ3v) is 4.60. The molecular weight excluding hydrogens is 336 g/mol. The van der Waals surface area contributed by atoms with Crippen molar-refractivity contribution in [2.45, 2.75) is 34.2 Å². The van der Waals surface area contributed by atoms with E-state index in [9.17, 15) is 4.79 Å². The Morgan fingerprint density at radius 3 is 2.44 bits per heavy atom. The summed E-state index contributed by atoms with van der Waals surface area (Å²) in [5, 5.41) is 4.20. The summed E-state index contributed by atoms with van der Waals surface area (Å²) in [5.74, 6) is 1.11. The molecule has 0 saturated heterocycles. The van der Waals surface area contributed by atoms with Crippen LogP contribution in [0.5, 0.6) is 0 Å². The van der Waals surface area contributed by atoms with Crippen LogP contribution in [-0.2, 0) is 6.54 Å². The molecule has 1 heterocycles. The van der Waals surface area contributed by atoms with E-state index in [1.807, 2.05) is 47.4 Å². The van der Waals surface area contributed by atoms with Crippen molar-refractivity contribution in [1.29, 1.82) is 0 Å². The number of benzene rings is 2. The molecule has 27 heavy (non-hydrogen) atoms. The third kappa shape index (κ3) is 4.64. The van der Waals surface area contributed by atoms with Crippen molar-refractivity contribution in [1.82, 2.24) is 10.1 Å². The number of rotatable bonds is 6. The van der Waals surface area contributed by atoms with Gasteiger partial charge in [-0.1, -0.05) is 49.3 Å². The Labute approximate surface area is 160 Å². The van der Waals surface area contributed by atoms with Crippen LogP contribution in [-0.4, -0.2) is 22.5 Å². The first-order chi connectivity index (χ1) is 12.9. The highest BCUT2D eigenvalue weighted by Crippen LogP contribution is 2.24. The second-order valence-corrected chi connectivity index (χ2v) is 7.43. The average molecular weight is 362 g/mol. The molecular formula is C23H26N2O2. The number of aryl methyl sites for hydroxylation is 2. The van der Waals surface area contributed by atoms with Crippen LogP contribution in [0.1, 0.15) is 41.0 Å². The highest BCUT2D eigenvalue weighted by atomic mass is 16.5. The van der Waals surface area contributed by atoms with E-state index in [0.29, 0.717) is 24.6 Å². The minimum absolute atomic E-state index is 0.0139. The van der Waals surface area contributed by atoms with Gasteiger partial charge in [-0.15, -0.1) is 0 Å². The highest BCUT2D eigenvalue weighted by Gasteiger charge is 2.19. The van der Waals surface area contributed by atoms with Crippen LogP contribution >= 0.6 is 0 Å². The van der Waals surface area contributed by atoms with Gasteiger partial charge in [-0.05, 0) is 49.1 Å². The van der Waals surface area contributed by atoms with Gasteiger partial charge in [0.25, 0.3) is 5.91 Å². The van der Waals surface area contributed by atoms with E-state index >= 15 is 0 Å². The molecule has 0 spiro atoms. The lowest BCUT2D eigenvalue weighted by atomic mass is 10.0. The Kier molecular flexibility index (Phi) is 5.75. The quantitative estimate of drug-likeness (QED) is 0.601. The van der Waals surface area contributed by atoms with Gasteiger partial charge in [0, 0.05) is 23.7 Å². The first-order valence-corrected chi connectivity index (χ1v) is 9.31. The summed E-state index contributed by atoms with van der Waals surface area (Å²) < 4.78 is 5.55. The molecule has 1 amide bonds. The molecule has 0 aliphatic rings. The van der Waals surface area contributed by atoms with Crippen LogP contribution in [0.2, 0.25) is 0 Å². The Bertz CT molecular complexity index is 913. The van der Waals surface area contributed by atoms with Gasteiger partial charge in [-0.25, -0.2) is 0 Å². The van der Waals surface area contributed by atoms with Gasteiger partial charge in [0.15, 0.2) is 5.76 Å². The fraction of sp³-hybridized carbons (Fsp3) is 0.304. The minimum Gasteiger partial charge on any atom is -0.356 e.